The van der Waals surface area contributed by atoms with Crippen molar-refractivity contribution in [3.63, 3.8) is 0 Å². The minimum absolute atomic E-state index is 0.247. The summed E-state index contributed by atoms with van der Waals surface area (Å²) < 4.78 is 0. The van der Waals surface area contributed by atoms with E-state index in [4.69, 9.17) is 5.11 Å². The quantitative estimate of drug-likeness (QED) is 0.675. The second-order valence-electron chi connectivity index (χ2n) is 4.85. The first-order chi connectivity index (χ1) is 5.53. The number of hydrogen-bond acceptors (Lipinski definition) is 2. The second-order valence-corrected chi connectivity index (χ2v) is 4.85. The van der Waals surface area contributed by atoms with Crippen LogP contribution in [0.25, 0.3) is 0 Å². The van der Waals surface area contributed by atoms with E-state index in [1.54, 1.807) is 0 Å². The van der Waals surface area contributed by atoms with Crippen molar-refractivity contribution in [3.05, 3.63) is 0 Å². The highest BCUT2D eigenvalue weighted by Crippen LogP contribution is 2.36. The smallest absolute Gasteiger partial charge is 0.0582 e. The Morgan fingerprint density at radius 2 is 2.25 bits per heavy atom. The molecule has 0 aromatic heterocycles. The van der Waals surface area contributed by atoms with Crippen molar-refractivity contribution in [1.29, 1.82) is 0 Å². The predicted octanol–water partition coefficient (Wildman–Crippen LogP) is 1.54. The molecule has 0 heterocycles. The van der Waals surface area contributed by atoms with Gasteiger partial charge in [0, 0.05) is 12.1 Å². The van der Waals surface area contributed by atoms with Gasteiger partial charge in [-0.1, -0.05) is 13.8 Å². The van der Waals surface area contributed by atoms with Gasteiger partial charge in [0.1, 0.15) is 0 Å². The van der Waals surface area contributed by atoms with E-state index in [1.165, 1.54) is 19.3 Å². The molecule has 0 saturated heterocycles. The summed E-state index contributed by atoms with van der Waals surface area (Å²) in [7, 11) is 0. The number of rotatable bonds is 3. The minimum atomic E-state index is 0.247. The molecule has 1 rings (SSSR count). The lowest BCUT2D eigenvalue weighted by molar-refractivity contribution is 0.237. The van der Waals surface area contributed by atoms with Crippen molar-refractivity contribution in [3.8, 4) is 0 Å². The third-order valence-electron chi connectivity index (χ3n) is 2.76. The molecule has 0 aromatic rings. The van der Waals surface area contributed by atoms with Crippen molar-refractivity contribution in [1.82, 2.24) is 5.32 Å². The third kappa shape index (κ3) is 2.76. The van der Waals surface area contributed by atoms with E-state index in [0.717, 1.165) is 0 Å². The fourth-order valence-electron chi connectivity index (χ4n) is 2.03. The van der Waals surface area contributed by atoms with Gasteiger partial charge in [0.05, 0.1) is 6.61 Å². The molecule has 0 amide bonds. The van der Waals surface area contributed by atoms with Crippen LogP contribution in [0.5, 0.6) is 0 Å². The van der Waals surface area contributed by atoms with Crippen LogP contribution in [0.4, 0.5) is 0 Å². The number of nitrogens with one attached hydrogen (secondary N) is 1. The highest BCUT2D eigenvalue weighted by atomic mass is 16.3. The molecule has 12 heavy (non-hydrogen) atoms. The normalized spacial score (nSPS) is 30.5. The summed E-state index contributed by atoms with van der Waals surface area (Å²) in [6.07, 6.45) is 3.82. The average molecular weight is 171 g/mol. The molecule has 1 aliphatic carbocycles. The van der Waals surface area contributed by atoms with Crippen molar-refractivity contribution >= 4 is 0 Å². The van der Waals surface area contributed by atoms with Crippen LogP contribution in [0.15, 0.2) is 0 Å². The van der Waals surface area contributed by atoms with Crippen LogP contribution in [0.1, 0.15) is 40.0 Å². The van der Waals surface area contributed by atoms with E-state index in [0.29, 0.717) is 11.5 Å². The first-order valence-corrected chi connectivity index (χ1v) is 4.90. The molecule has 2 nitrogen and oxygen atoms in total. The average Bonchev–Trinajstić information content (AvgIpc) is 2.30. The van der Waals surface area contributed by atoms with Crippen LogP contribution in [0.3, 0.4) is 0 Å². The van der Waals surface area contributed by atoms with E-state index in [9.17, 15) is 0 Å². The van der Waals surface area contributed by atoms with Crippen LogP contribution in [0, 0.1) is 5.41 Å². The van der Waals surface area contributed by atoms with Crippen LogP contribution in [-0.4, -0.2) is 23.8 Å². The summed E-state index contributed by atoms with van der Waals surface area (Å²) in [5.74, 6) is 0. The molecular weight excluding hydrogens is 150 g/mol. The summed E-state index contributed by atoms with van der Waals surface area (Å²) in [6.45, 7) is 6.92. The summed E-state index contributed by atoms with van der Waals surface area (Å²) in [5.41, 5.74) is 0.507. The van der Waals surface area contributed by atoms with Gasteiger partial charge < -0.3 is 10.4 Å². The van der Waals surface area contributed by atoms with E-state index in [1.807, 2.05) is 6.92 Å². The van der Waals surface area contributed by atoms with Gasteiger partial charge in [-0.05, 0) is 31.6 Å². The van der Waals surface area contributed by atoms with E-state index in [-0.39, 0.29) is 12.6 Å². The Hall–Kier alpha value is -0.0800. The summed E-state index contributed by atoms with van der Waals surface area (Å²) in [6, 6.07) is 0.881. The standard InChI is InChI=1S/C10H21NO/c1-8(7-12)11-9-4-5-10(2,3)6-9/h8-9,11-12H,4-7H2,1-3H3/t8-,9?/m1/s1. The van der Waals surface area contributed by atoms with Gasteiger partial charge in [0.15, 0.2) is 0 Å². The van der Waals surface area contributed by atoms with E-state index in [2.05, 4.69) is 19.2 Å². The predicted molar refractivity (Wildman–Crippen MR) is 51.1 cm³/mol. The molecule has 0 radical (unpaired) electrons. The lowest BCUT2D eigenvalue weighted by Crippen LogP contribution is -2.37. The maximum atomic E-state index is 8.86. The number of aliphatic hydroxyl groups excluding tert-OH is 1. The van der Waals surface area contributed by atoms with Crippen molar-refractivity contribution in [2.24, 2.45) is 5.41 Å². The molecule has 2 N–H and O–H groups in total. The van der Waals surface area contributed by atoms with Crippen molar-refractivity contribution in [2.75, 3.05) is 6.61 Å². The van der Waals surface area contributed by atoms with Gasteiger partial charge in [0.25, 0.3) is 0 Å². The first kappa shape index (κ1) is 10.0. The molecule has 1 fully saturated rings. The Morgan fingerprint density at radius 3 is 2.67 bits per heavy atom. The fourth-order valence-corrected chi connectivity index (χ4v) is 2.03. The molecule has 0 spiro atoms. The van der Waals surface area contributed by atoms with Crippen LogP contribution in [0.2, 0.25) is 0 Å². The second kappa shape index (κ2) is 3.75. The van der Waals surface area contributed by atoms with E-state index >= 15 is 0 Å². The van der Waals surface area contributed by atoms with Crippen LogP contribution in [-0.2, 0) is 0 Å². The summed E-state index contributed by atoms with van der Waals surface area (Å²) in [4.78, 5) is 0. The molecule has 1 aliphatic rings. The Kier molecular flexibility index (Phi) is 3.13. The van der Waals surface area contributed by atoms with Gasteiger partial charge in [-0.3, -0.25) is 0 Å². The zero-order chi connectivity index (χ0) is 9.19. The topological polar surface area (TPSA) is 32.3 Å². The molecule has 72 valence electrons. The van der Waals surface area contributed by atoms with Gasteiger partial charge in [0.2, 0.25) is 0 Å². The molecule has 0 aromatic carbocycles. The summed E-state index contributed by atoms with van der Waals surface area (Å²) in [5, 5.41) is 12.3. The maximum absolute atomic E-state index is 8.86. The Morgan fingerprint density at radius 1 is 1.58 bits per heavy atom. The highest BCUT2D eigenvalue weighted by Gasteiger charge is 2.30. The summed E-state index contributed by atoms with van der Waals surface area (Å²) >= 11 is 0. The van der Waals surface area contributed by atoms with Crippen LogP contribution >= 0.6 is 0 Å². The van der Waals surface area contributed by atoms with Crippen molar-refractivity contribution < 1.29 is 5.11 Å². The molecule has 1 unspecified atom stereocenters. The Bertz CT molecular complexity index is 145. The van der Waals surface area contributed by atoms with Gasteiger partial charge >= 0.3 is 0 Å². The lowest BCUT2D eigenvalue weighted by atomic mass is 9.92. The maximum Gasteiger partial charge on any atom is 0.0582 e. The van der Waals surface area contributed by atoms with Crippen LogP contribution < -0.4 is 5.32 Å². The molecular formula is C10H21NO. The highest BCUT2D eigenvalue weighted by molar-refractivity contribution is 4.87. The molecule has 2 heteroatoms. The SMILES string of the molecule is C[C@H](CO)NC1CCC(C)(C)C1. The van der Waals surface area contributed by atoms with E-state index < -0.39 is 0 Å². The van der Waals surface area contributed by atoms with Crippen molar-refractivity contribution in [2.45, 2.75) is 52.1 Å². The third-order valence-corrected chi connectivity index (χ3v) is 2.76. The molecule has 0 aliphatic heterocycles. The zero-order valence-corrected chi connectivity index (χ0v) is 8.43. The Balaban J connectivity index is 2.28. The van der Waals surface area contributed by atoms with Gasteiger partial charge in [-0.2, -0.15) is 0 Å². The molecule has 0 bridgehead atoms. The largest absolute Gasteiger partial charge is 0.395 e. The van der Waals surface area contributed by atoms with Gasteiger partial charge in [-0.15, -0.1) is 0 Å². The minimum Gasteiger partial charge on any atom is -0.395 e. The first-order valence-electron chi connectivity index (χ1n) is 4.90. The number of hydrogen-bond donors (Lipinski definition) is 2. The fraction of sp³-hybridized carbons (Fsp3) is 1.00. The molecule has 1 saturated carbocycles. The molecule has 2 atom stereocenters. The number of aliphatic hydroxyl groups is 1. The zero-order valence-electron chi connectivity index (χ0n) is 8.43. The van der Waals surface area contributed by atoms with Gasteiger partial charge in [-0.25, -0.2) is 0 Å². The lowest BCUT2D eigenvalue weighted by Gasteiger charge is -2.20. The monoisotopic (exact) mass is 171 g/mol. The Labute approximate surface area is 75.4 Å².